The van der Waals surface area contributed by atoms with Gasteiger partial charge in [0, 0.05) is 6.04 Å². The molecule has 0 aliphatic carbocycles. The van der Waals surface area contributed by atoms with Gasteiger partial charge in [0.1, 0.15) is 11.4 Å². The molecule has 0 fully saturated rings. The molecule has 0 saturated heterocycles. The lowest BCUT2D eigenvalue weighted by atomic mass is 10.2. The van der Waals surface area contributed by atoms with Crippen molar-refractivity contribution in [2.24, 2.45) is 0 Å². The lowest BCUT2D eigenvalue weighted by molar-refractivity contribution is -0.141. The van der Waals surface area contributed by atoms with Crippen LogP contribution in [0.3, 0.4) is 0 Å². The largest absolute Gasteiger partial charge is 0.433 e. The van der Waals surface area contributed by atoms with Crippen LogP contribution in [0.5, 0.6) is 0 Å². The van der Waals surface area contributed by atoms with Crippen molar-refractivity contribution in [3.05, 3.63) is 42.5 Å². The Balaban J connectivity index is 2.13. The predicted molar refractivity (Wildman–Crippen MR) is 72.9 cm³/mol. The molecule has 0 aliphatic rings. The van der Waals surface area contributed by atoms with Crippen LogP contribution in [-0.2, 0) is 6.18 Å². The summed E-state index contributed by atoms with van der Waals surface area (Å²) in [5.74, 6) is 0. The number of pyridine rings is 1. The summed E-state index contributed by atoms with van der Waals surface area (Å²) in [6.45, 7) is 3.77. The first-order valence-corrected chi connectivity index (χ1v) is 5.66. The summed E-state index contributed by atoms with van der Waals surface area (Å²) in [7, 11) is 0. The predicted octanol–water partition coefficient (Wildman–Crippen LogP) is 2.91. The number of terminal acetylenes is 1. The molecular weight excluding hydrogens is 283 g/mol. The van der Waals surface area contributed by atoms with Crippen LogP contribution in [0.15, 0.2) is 31.1 Å². The molecule has 0 atom stereocenters. The zero-order chi connectivity index (χ0) is 15.5. The Morgan fingerprint density at radius 2 is 2.10 bits per heavy atom. The first-order chi connectivity index (χ1) is 9.91. The minimum atomic E-state index is -4.47. The van der Waals surface area contributed by atoms with Crippen molar-refractivity contribution < 1.29 is 13.2 Å². The van der Waals surface area contributed by atoms with Gasteiger partial charge in [-0.2, -0.15) is 18.3 Å². The molecule has 2 aromatic heterocycles. The average Bonchev–Trinajstić information content (AvgIpc) is 2.87. The van der Waals surface area contributed by atoms with Crippen molar-refractivity contribution in [1.29, 1.82) is 0 Å². The molecule has 0 saturated carbocycles. The number of hydrogen-bond donors (Lipinski definition) is 3. The highest BCUT2D eigenvalue weighted by Gasteiger charge is 2.32. The fraction of sp³-hybridized carbons (Fsp3) is 0.0769. The number of hydrogen-bond acceptors (Lipinski definition) is 4. The minimum Gasteiger partial charge on any atom is -0.353 e. The number of rotatable bonds is 4. The van der Waals surface area contributed by atoms with Crippen molar-refractivity contribution in [2.75, 3.05) is 10.6 Å². The molecule has 0 aliphatic heterocycles. The molecule has 2 aromatic rings. The molecule has 0 unspecified atom stereocenters. The maximum Gasteiger partial charge on any atom is 0.433 e. The summed E-state index contributed by atoms with van der Waals surface area (Å²) in [4.78, 5) is 3.34. The number of halogens is 3. The van der Waals surface area contributed by atoms with Gasteiger partial charge >= 0.3 is 6.18 Å². The molecule has 0 amide bonds. The fourth-order valence-electron chi connectivity index (χ4n) is 1.56. The highest BCUT2D eigenvalue weighted by molar-refractivity contribution is 5.80. The monoisotopic (exact) mass is 293 g/mol. The molecule has 21 heavy (non-hydrogen) atoms. The summed E-state index contributed by atoms with van der Waals surface area (Å²) >= 11 is 0. The van der Waals surface area contributed by atoms with Crippen molar-refractivity contribution in [3.8, 4) is 12.5 Å². The third-order valence-electron chi connectivity index (χ3n) is 2.50. The van der Waals surface area contributed by atoms with E-state index >= 15 is 0 Å². The Bertz CT molecular complexity index is 679. The average molecular weight is 293 g/mol. The second-order valence-electron chi connectivity index (χ2n) is 3.96. The minimum absolute atomic E-state index is 0.356. The van der Waals surface area contributed by atoms with Gasteiger partial charge in [0.25, 0.3) is 0 Å². The topological polar surface area (TPSA) is 65.6 Å². The van der Waals surface area contributed by atoms with E-state index in [1.54, 1.807) is 0 Å². The van der Waals surface area contributed by atoms with Crippen LogP contribution in [0.4, 0.5) is 24.5 Å². The number of aromatic amines is 1. The molecule has 108 valence electrons. The third kappa shape index (κ3) is 3.33. The number of nitrogens with one attached hydrogen (secondary N) is 3. The van der Waals surface area contributed by atoms with Crippen molar-refractivity contribution in [2.45, 2.75) is 6.18 Å². The van der Waals surface area contributed by atoms with E-state index in [2.05, 4.69) is 38.4 Å². The van der Waals surface area contributed by atoms with E-state index in [0.29, 0.717) is 22.8 Å². The molecule has 3 N–H and O–H groups in total. The van der Waals surface area contributed by atoms with E-state index in [0.717, 1.165) is 12.3 Å². The van der Waals surface area contributed by atoms with Crippen molar-refractivity contribution in [1.82, 2.24) is 15.2 Å². The summed E-state index contributed by atoms with van der Waals surface area (Å²) in [5, 5.41) is 11.9. The van der Waals surface area contributed by atoms with Gasteiger partial charge in [-0.15, -0.1) is 0 Å². The standard InChI is InChI=1S/C13H10F3N5/c1-3-17-10-7-19-21-12(10)8(2)20-9-4-5-11(18-6-9)13(14,15)16/h1,4-7,17,20H,2H2,(H,19,21). The van der Waals surface area contributed by atoms with Gasteiger partial charge in [0.05, 0.1) is 29.5 Å². The third-order valence-corrected chi connectivity index (χ3v) is 2.50. The Hall–Kier alpha value is -2.95. The lowest BCUT2D eigenvalue weighted by Crippen LogP contribution is -2.08. The second-order valence-corrected chi connectivity index (χ2v) is 3.96. The normalized spacial score (nSPS) is 10.8. The van der Waals surface area contributed by atoms with Crippen LogP contribution in [0.2, 0.25) is 0 Å². The molecule has 0 aromatic carbocycles. The van der Waals surface area contributed by atoms with Crippen molar-refractivity contribution in [3.63, 3.8) is 0 Å². The van der Waals surface area contributed by atoms with Gasteiger partial charge in [-0.05, 0) is 12.1 Å². The van der Waals surface area contributed by atoms with E-state index < -0.39 is 11.9 Å². The lowest BCUT2D eigenvalue weighted by Gasteiger charge is -2.10. The summed E-state index contributed by atoms with van der Waals surface area (Å²) in [6.07, 6.45) is 3.19. The SMILES string of the molecule is C#CNc1cn[nH]c1C(=C)Nc1ccc(C(F)(F)F)nc1. The maximum absolute atomic E-state index is 12.4. The Morgan fingerprint density at radius 3 is 2.67 bits per heavy atom. The van der Waals surface area contributed by atoms with Gasteiger partial charge in [-0.3, -0.25) is 5.10 Å². The quantitative estimate of drug-likeness (QED) is 0.599. The van der Waals surface area contributed by atoms with Gasteiger partial charge in [0.15, 0.2) is 0 Å². The molecular formula is C13H10F3N5. The van der Waals surface area contributed by atoms with E-state index in [4.69, 9.17) is 6.42 Å². The van der Waals surface area contributed by atoms with E-state index in [1.807, 2.05) is 0 Å². The molecule has 0 radical (unpaired) electrons. The van der Waals surface area contributed by atoms with Gasteiger partial charge in [-0.25, -0.2) is 4.98 Å². The number of H-pyrrole nitrogens is 1. The smallest absolute Gasteiger partial charge is 0.353 e. The molecule has 2 heterocycles. The van der Waals surface area contributed by atoms with Crippen LogP contribution < -0.4 is 10.6 Å². The van der Waals surface area contributed by atoms with Gasteiger partial charge < -0.3 is 10.6 Å². The first kappa shape index (κ1) is 14.5. The summed E-state index contributed by atoms with van der Waals surface area (Å²) in [5.41, 5.74) is 0.790. The second kappa shape index (κ2) is 5.58. The zero-order valence-electron chi connectivity index (χ0n) is 10.6. The number of aromatic nitrogens is 3. The maximum atomic E-state index is 12.4. The van der Waals surface area contributed by atoms with Gasteiger partial charge in [0.2, 0.25) is 0 Å². The summed E-state index contributed by atoms with van der Waals surface area (Å²) in [6, 6.07) is 4.37. The van der Waals surface area contributed by atoms with E-state index in [9.17, 15) is 13.2 Å². The van der Waals surface area contributed by atoms with Crippen molar-refractivity contribution >= 4 is 17.1 Å². The Morgan fingerprint density at radius 1 is 1.33 bits per heavy atom. The number of anilines is 2. The molecule has 8 heteroatoms. The highest BCUT2D eigenvalue weighted by atomic mass is 19.4. The van der Waals surface area contributed by atoms with Crippen LogP contribution >= 0.6 is 0 Å². The highest BCUT2D eigenvalue weighted by Crippen LogP contribution is 2.28. The van der Waals surface area contributed by atoms with Gasteiger partial charge in [-0.1, -0.05) is 13.0 Å². The zero-order valence-corrected chi connectivity index (χ0v) is 10.6. The first-order valence-electron chi connectivity index (χ1n) is 5.66. The van der Waals surface area contributed by atoms with E-state index in [1.165, 1.54) is 12.3 Å². The Labute approximate surface area is 118 Å². The molecule has 5 nitrogen and oxygen atoms in total. The van der Waals surface area contributed by atoms with Crippen LogP contribution in [0.1, 0.15) is 11.4 Å². The Kier molecular flexibility index (Phi) is 3.84. The van der Waals surface area contributed by atoms with E-state index in [-0.39, 0.29) is 0 Å². The molecule has 0 spiro atoms. The van der Waals surface area contributed by atoms with Crippen LogP contribution in [0, 0.1) is 12.5 Å². The van der Waals surface area contributed by atoms with Crippen LogP contribution in [-0.4, -0.2) is 15.2 Å². The fourth-order valence-corrected chi connectivity index (χ4v) is 1.56. The number of nitrogens with zero attached hydrogens (tertiary/aromatic N) is 2. The van der Waals surface area contributed by atoms with Crippen LogP contribution in [0.25, 0.3) is 5.70 Å². The molecule has 2 rings (SSSR count). The number of alkyl halides is 3. The molecule has 0 bridgehead atoms. The summed E-state index contributed by atoms with van der Waals surface area (Å²) < 4.78 is 37.2.